The molecule has 0 aromatic heterocycles. The molecular formula is C21H37N3O4. The predicted octanol–water partition coefficient (Wildman–Crippen LogP) is 1.96. The van der Waals surface area contributed by atoms with Gasteiger partial charge in [-0.3, -0.25) is 14.4 Å². The van der Waals surface area contributed by atoms with Gasteiger partial charge in [0.2, 0.25) is 11.8 Å². The molecule has 2 heterocycles. The van der Waals surface area contributed by atoms with Gasteiger partial charge < -0.3 is 20.2 Å². The fourth-order valence-electron chi connectivity index (χ4n) is 4.34. The fourth-order valence-corrected chi connectivity index (χ4v) is 4.34. The van der Waals surface area contributed by atoms with E-state index in [2.05, 4.69) is 33.0 Å². The highest BCUT2D eigenvalue weighted by Crippen LogP contribution is 2.24. The number of hydrogen-bond acceptors (Lipinski definition) is 4. The second-order valence-corrected chi connectivity index (χ2v) is 9.18. The molecule has 0 aromatic rings. The molecule has 0 spiro atoms. The van der Waals surface area contributed by atoms with Gasteiger partial charge in [-0.25, -0.2) is 0 Å². The second kappa shape index (κ2) is 10.2. The first kappa shape index (κ1) is 22.7. The summed E-state index contributed by atoms with van der Waals surface area (Å²) in [6.45, 7) is 10.8. The molecule has 28 heavy (non-hydrogen) atoms. The minimum Gasteiger partial charge on any atom is -0.481 e. The highest BCUT2D eigenvalue weighted by molar-refractivity contribution is 5.90. The van der Waals surface area contributed by atoms with E-state index in [4.69, 9.17) is 5.11 Å². The van der Waals surface area contributed by atoms with Crippen LogP contribution in [0.15, 0.2) is 0 Å². The summed E-state index contributed by atoms with van der Waals surface area (Å²) in [5.41, 5.74) is 0. The van der Waals surface area contributed by atoms with Gasteiger partial charge in [-0.05, 0) is 43.4 Å². The smallest absolute Gasteiger partial charge is 0.303 e. The third-order valence-corrected chi connectivity index (χ3v) is 5.78. The summed E-state index contributed by atoms with van der Waals surface area (Å²) in [7, 11) is 0. The topological polar surface area (TPSA) is 90.0 Å². The van der Waals surface area contributed by atoms with Crippen molar-refractivity contribution < 1.29 is 19.5 Å². The molecule has 7 heteroatoms. The Labute approximate surface area is 168 Å². The zero-order chi connectivity index (χ0) is 20.8. The first-order chi connectivity index (χ1) is 13.2. The van der Waals surface area contributed by atoms with Crippen molar-refractivity contribution in [3.63, 3.8) is 0 Å². The van der Waals surface area contributed by atoms with E-state index in [1.807, 2.05) is 4.90 Å². The van der Waals surface area contributed by atoms with Gasteiger partial charge >= 0.3 is 5.97 Å². The normalized spacial score (nSPS) is 22.8. The number of rotatable bonds is 8. The third-order valence-electron chi connectivity index (χ3n) is 5.78. The number of carbonyl (C=O) groups excluding carboxylic acids is 2. The van der Waals surface area contributed by atoms with E-state index in [1.165, 1.54) is 0 Å². The summed E-state index contributed by atoms with van der Waals surface area (Å²) < 4.78 is 0. The molecule has 2 N–H and O–H groups in total. The van der Waals surface area contributed by atoms with Crippen LogP contribution in [0, 0.1) is 17.8 Å². The molecule has 2 fully saturated rings. The Morgan fingerprint density at radius 3 is 2.29 bits per heavy atom. The highest BCUT2D eigenvalue weighted by Gasteiger charge is 2.39. The molecule has 0 bridgehead atoms. The number of hydrogen-bond donors (Lipinski definition) is 2. The van der Waals surface area contributed by atoms with Crippen LogP contribution in [-0.4, -0.2) is 71.0 Å². The number of nitrogens with zero attached hydrogens (tertiary/aromatic N) is 2. The number of carboxylic acid groups (broad SMARTS) is 1. The monoisotopic (exact) mass is 395 g/mol. The number of likely N-dealkylation sites (tertiary alicyclic amines) is 1. The Morgan fingerprint density at radius 2 is 1.75 bits per heavy atom. The molecule has 2 saturated heterocycles. The average molecular weight is 396 g/mol. The van der Waals surface area contributed by atoms with Crippen LogP contribution < -0.4 is 5.32 Å². The van der Waals surface area contributed by atoms with Gasteiger partial charge in [0, 0.05) is 32.6 Å². The number of carboxylic acids is 1. The Bertz CT molecular complexity index is 556. The molecule has 0 saturated carbocycles. The van der Waals surface area contributed by atoms with Crippen molar-refractivity contribution in [3.8, 4) is 0 Å². The van der Waals surface area contributed by atoms with E-state index in [1.54, 1.807) is 4.90 Å². The van der Waals surface area contributed by atoms with Crippen LogP contribution in [0.1, 0.15) is 59.8 Å². The molecule has 0 radical (unpaired) electrons. The SMILES string of the molecule is CC(C)C[C@@H]1NCCN([C@@H](CC(C)C)C(=O)N2CCC(CC(=O)O)CC2)C1=O. The summed E-state index contributed by atoms with van der Waals surface area (Å²) in [5.74, 6) is 0.158. The molecule has 2 amide bonds. The zero-order valence-electron chi connectivity index (χ0n) is 17.8. The van der Waals surface area contributed by atoms with Crippen LogP contribution in [0.5, 0.6) is 0 Å². The van der Waals surface area contributed by atoms with Crippen LogP contribution in [-0.2, 0) is 14.4 Å². The first-order valence-corrected chi connectivity index (χ1v) is 10.7. The Hall–Kier alpha value is -1.63. The highest BCUT2D eigenvalue weighted by atomic mass is 16.4. The number of amides is 2. The van der Waals surface area contributed by atoms with E-state index >= 15 is 0 Å². The molecule has 0 unspecified atom stereocenters. The molecule has 160 valence electrons. The zero-order valence-corrected chi connectivity index (χ0v) is 17.8. The minimum atomic E-state index is -0.773. The lowest BCUT2D eigenvalue weighted by atomic mass is 9.92. The minimum absolute atomic E-state index is 0.0287. The van der Waals surface area contributed by atoms with Crippen molar-refractivity contribution in [2.45, 2.75) is 71.9 Å². The first-order valence-electron chi connectivity index (χ1n) is 10.7. The van der Waals surface area contributed by atoms with Crippen molar-refractivity contribution in [3.05, 3.63) is 0 Å². The number of nitrogens with one attached hydrogen (secondary N) is 1. The van der Waals surface area contributed by atoms with Crippen LogP contribution >= 0.6 is 0 Å². The molecule has 2 rings (SSSR count). The maximum atomic E-state index is 13.3. The van der Waals surface area contributed by atoms with E-state index in [0.29, 0.717) is 44.4 Å². The third kappa shape index (κ3) is 6.19. The number of carbonyl (C=O) groups is 3. The summed E-state index contributed by atoms with van der Waals surface area (Å²) in [4.78, 5) is 41.0. The number of aliphatic carboxylic acids is 1. The van der Waals surface area contributed by atoms with Gasteiger partial charge in [0.25, 0.3) is 0 Å². The van der Waals surface area contributed by atoms with Crippen molar-refractivity contribution in [1.29, 1.82) is 0 Å². The summed E-state index contributed by atoms with van der Waals surface area (Å²) in [6.07, 6.45) is 3.05. The van der Waals surface area contributed by atoms with E-state index in [9.17, 15) is 14.4 Å². The molecule has 2 aliphatic rings. The molecule has 2 aliphatic heterocycles. The van der Waals surface area contributed by atoms with Crippen molar-refractivity contribution >= 4 is 17.8 Å². The summed E-state index contributed by atoms with van der Waals surface area (Å²) in [6, 6.07) is -0.627. The standard InChI is InChI=1S/C21H37N3O4/c1-14(2)11-17-20(27)24(10-7-22-17)18(12-15(3)4)21(28)23-8-5-16(6-9-23)13-19(25)26/h14-18,22H,5-13H2,1-4H3,(H,25,26)/t17-,18-/m0/s1. The second-order valence-electron chi connectivity index (χ2n) is 9.18. The molecule has 0 aliphatic carbocycles. The molecule has 7 nitrogen and oxygen atoms in total. The van der Waals surface area contributed by atoms with E-state index < -0.39 is 12.0 Å². The largest absolute Gasteiger partial charge is 0.481 e. The van der Waals surface area contributed by atoms with Gasteiger partial charge in [-0.1, -0.05) is 27.7 Å². The Morgan fingerprint density at radius 1 is 1.11 bits per heavy atom. The van der Waals surface area contributed by atoms with Crippen LogP contribution in [0.4, 0.5) is 0 Å². The lowest BCUT2D eigenvalue weighted by Crippen LogP contribution is -2.62. The van der Waals surface area contributed by atoms with Crippen LogP contribution in [0.3, 0.4) is 0 Å². The van der Waals surface area contributed by atoms with Gasteiger partial charge in [0.05, 0.1) is 6.04 Å². The van der Waals surface area contributed by atoms with E-state index in [0.717, 1.165) is 19.3 Å². The van der Waals surface area contributed by atoms with Gasteiger partial charge in [0.15, 0.2) is 0 Å². The lowest BCUT2D eigenvalue weighted by Gasteiger charge is -2.42. The fraction of sp³-hybridized carbons (Fsp3) is 0.857. The molecular weight excluding hydrogens is 358 g/mol. The van der Waals surface area contributed by atoms with Crippen molar-refractivity contribution in [2.75, 3.05) is 26.2 Å². The quantitative estimate of drug-likeness (QED) is 0.656. The van der Waals surface area contributed by atoms with E-state index in [-0.39, 0.29) is 30.2 Å². The lowest BCUT2D eigenvalue weighted by molar-refractivity contribution is -0.150. The maximum absolute atomic E-state index is 13.3. The van der Waals surface area contributed by atoms with Crippen LogP contribution in [0.2, 0.25) is 0 Å². The number of piperidine rings is 1. The van der Waals surface area contributed by atoms with Gasteiger partial charge in [-0.15, -0.1) is 0 Å². The predicted molar refractivity (Wildman–Crippen MR) is 108 cm³/mol. The molecule has 0 aromatic carbocycles. The maximum Gasteiger partial charge on any atom is 0.303 e. The van der Waals surface area contributed by atoms with Crippen LogP contribution in [0.25, 0.3) is 0 Å². The Balaban J connectivity index is 2.07. The summed E-state index contributed by atoms with van der Waals surface area (Å²) in [5, 5.41) is 12.3. The number of piperazine rings is 1. The molecule has 2 atom stereocenters. The van der Waals surface area contributed by atoms with Crippen molar-refractivity contribution in [1.82, 2.24) is 15.1 Å². The summed E-state index contributed by atoms with van der Waals surface area (Å²) >= 11 is 0. The van der Waals surface area contributed by atoms with Gasteiger partial charge in [0.1, 0.15) is 6.04 Å². The Kier molecular flexibility index (Phi) is 8.28. The van der Waals surface area contributed by atoms with Crippen molar-refractivity contribution in [2.24, 2.45) is 17.8 Å². The van der Waals surface area contributed by atoms with Gasteiger partial charge in [-0.2, -0.15) is 0 Å². The average Bonchev–Trinajstić information content (AvgIpc) is 2.61.